The fourth-order valence-electron chi connectivity index (χ4n) is 6.28. The predicted octanol–water partition coefficient (Wildman–Crippen LogP) is 10.7. The SMILES string of the molecule is CCCCCC1COC(C2CCC(c3cc(F)c(/C=C/C(F)(F)Oc4ccc(-c5cc(F)c(F)c(F)c5)c(F)c4)c(F)c3)CC2)OC1. The largest absolute Gasteiger partial charge is 0.429 e. The lowest BCUT2D eigenvalue weighted by Crippen LogP contribution is -2.38. The molecule has 47 heavy (non-hydrogen) atoms. The van der Waals surface area contributed by atoms with E-state index in [-0.39, 0.29) is 29.8 Å². The van der Waals surface area contributed by atoms with Crippen LogP contribution < -0.4 is 4.74 Å². The molecule has 1 heterocycles. The van der Waals surface area contributed by atoms with Crippen molar-refractivity contribution in [3.63, 3.8) is 0 Å². The summed E-state index contributed by atoms with van der Waals surface area (Å²) in [5.41, 5.74) is -1.01. The first-order chi connectivity index (χ1) is 22.4. The second-order valence-corrected chi connectivity index (χ2v) is 12.3. The van der Waals surface area contributed by atoms with Crippen LogP contribution in [0.3, 0.4) is 0 Å². The lowest BCUT2D eigenvalue weighted by Gasteiger charge is -2.37. The summed E-state index contributed by atoms with van der Waals surface area (Å²) in [4.78, 5) is 0. The zero-order valence-electron chi connectivity index (χ0n) is 25.8. The Balaban J connectivity index is 1.17. The summed E-state index contributed by atoms with van der Waals surface area (Å²) in [6, 6.07) is 5.77. The molecule has 1 saturated heterocycles. The molecule has 3 nitrogen and oxygen atoms in total. The monoisotopic (exact) mass is 668 g/mol. The fourth-order valence-corrected chi connectivity index (χ4v) is 6.28. The van der Waals surface area contributed by atoms with Gasteiger partial charge in [0.05, 0.1) is 13.2 Å². The predicted molar refractivity (Wildman–Crippen MR) is 161 cm³/mol. The summed E-state index contributed by atoms with van der Waals surface area (Å²) in [6.07, 6.45) is 3.78. The number of unbranched alkanes of at least 4 members (excludes halogenated alkanes) is 2. The number of hydrogen-bond acceptors (Lipinski definition) is 3. The third-order valence-electron chi connectivity index (χ3n) is 8.87. The van der Waals surface area contributed by atoms with Gasteiger partial charge in [-0.15, -0.1) is 0 Å². The summed E-state index contributed by atoms with van der Waals surface area (Å²) < 4.78 is 131. The molecule has 1 aliphatic carbocycles. The molecule has 5 rings (SSSR count). The summed E-state index contributed by atoms with van der Waals surface area (Å²) in [5, 5.41) is 0. The van der Waals surface area contributed by atoms with Crippen LogP contribution in [0.2, 0.25) is 0 Å². The number of halogens is 8. The van der Waals surface area contributed by atoms with Crippen molar-refractivity contribution >= 4 is 6.08 Å². The molecule has 3 aromatic carbocycles. The quantitative estimate of drug-likeness (QED) is 0.116. The number of ether oxygens (including phenoxy) is 3. The average Bonchev–Trinajstić information content (AvgIpc) is 3.03. The molecule has 0 N–H and O–H groups in total. The van der Waals surface area contributed by atoms with Gasteiger partial charge in [-0.25, -0.2) is 26.3 Å². The maximum Gasteiger partial charge on any atom is 0.419 e. The standard InChI is InChI=1S/C36H36F8O3/c1-2-3-4-5-21-19-45-35(46-20-21)23-8-6-22(7-9-23)24-14-29(37)28(30(38)15-24)12-13-36(43,44)47-26-10-11-27(31(39)18-26)25-16-32(40)34(42)33(41)17-25/h10-18,21-23,35H,2-9,19-20H2,1H3/b13-12+. The molecule has 0 aromatic heterocycles. The van der Waals surface area contributed by atoms with Crippen molar-refractivity contribution in [3.8, 4) is 16.9 Å². The minimum Gasteiger partial charge on any atom is -0.429 e. The van der Waals surface area contributed by atoms with Crippen molar-refractivity contribution in [2.24, 2.45) is 11.8 Å². The molecule has 1 aliphatic heterocycles. The summed E-state index contributed by atoms with van der Waals surface area (Å²) in [7, 11) is 0. The smallest absolute Gasteiger partial charge is 0.419 e. The van der Waals surface area contributed by atoms with Gasteiger partial charge >= 0.3 is 6.11 Å². The molecule has 2 fully saturated rings. The van der Waals surface area contributed by atoms with Gasteiger partial charge in [0.15, 0.2) is 23.7 Å². The summed E-state index contributed by atoms with van der Waals surface area (Å²) in [6.45, 7) is 3.52. The zero-order chi connectivity index (χ0) is 33.7. The van der Waals surface area contributed by atoms with Gasteiger partial charge in [-0.2, -0.15) is 8.78 Å². The van der Waals surface area contributed by atoms with E-state index in [9.17, 15) is 35.1 Å². The van der Waals surface area contributed by atoms with E-state index in [0.717, 1.165) is 56.4 Å². The van der Waals surface area contributed by atoms with Crippen LogP contribution in [0.5, 0.6) is 5.75 Å². The van der Waals surface area contributed by atoms with E-state index >= 15 is 0 Å². The molecule has 2 aliphatic rings. The zero-order valence-corrected chi connectivity index (χ0v) is 25.8. The van der Waals surface area contributed by atoms with Gasteiger partial charge in [-0.1, -0.05) is 26.2 Å². The number of alkyl halides is 2. The molecule has 254 valence electrons. The van der Waals surface area contributed by atoms with Crippen LogP contribution in [-0.4, -0.2) is 25.6 Å². The van der Waals surface area contributed by atoms with Crippen LogP contribution in [0.1, 0.15) is 75.3 Å². The first-order valence-electron chi connectivity index (χ1n) is 15.9. The number of benzene rings is 3. The minimum atomic E-state index is -4.11. The Morgan fingerprint density at radius 2 is 1.43 bits per heavy atom. The first-order valence-corrected chi connectivity index (χ1v) is 15.9. The van der Waals surface area contributed by atoms with E-state index in [1.807, 2.05) is 0 Å². The third kappa shape index (κ3) is 8.73. The van der Waals surface area contributed by atoms with Crippen LogP contribution in [0, 0.1) is 46.7 Å². The van der Waals surface area contributed by atoms with Crippen LogP contribution in [0.25, 0.3) is 17.2 Å². The van der Waals surface area contributed by atoms with Crippen molar-refractivity contribution in [2.45, 2.75) is 76.6 Å². The summed E-state index contributed by atoms with van der Waals surface area (Å²) in [5.74, 6) is -8.24. The first kappa shape index (κ1) is 34.9. The molecule has 11 heteroatoms. The van der Waals surface area contributed by atoms with Gasteiger partial charge in [0.1, 0.15) is 23.2 Å². The van der Waals surface area contributed by atoms with Gasteiger partial charge in [-0.05, 0) is 91.6 Å². The average molecular weight is 669 g/mol. The number of rotatable bonds is 11. The van der Waals surface area contributed by atoms with Gasteiger partial charge < -0.3 is 14.2 Å². The molecule has 0 radical (unpaired) electrons. The van der Waals surface area contributed by atoms with Gasteiger partial charge in [0, 0.05) is 35.1 Å². The molecular formula is C36H36F8O3. The van der Waals surface area contributed by atoms with E-state index < -0.39 is 57.9 Å². The highest BCUT2D eigenvalue weighted by Gasteiger charge is 2.34. The van der Waals surface area contributed by atoms with Crippen LogP contribution in [0.15, 0.2) is 48.5 Å². The lowest BCUT2D eigenvalue weighted by molar-refractivity contribution is -0.229. The Morgan fingerprint density at radius 3 is 2.02 bits per heavy atom. The van der Waals surface area contributed by atoms with E-state index in [2.05, 4.69) is 11.7 Å². The highest BCUT2D eigenvalue weighted by molar-refractivity contribution is 5.65. The van der Waals surface area contributed by atoms with Crippen molar-refractivity contribution in [3.05, 3.63) is 94.6 Å². The highest BCUT2D eigenvalue weighted by atomic mass is 19.3. The van der Waals surface area contributed by atoms with Gasteiger partial charge in [0.25, 0.3) is 0 Å². The van der Waals surface area contributed by atoms with Crippen LogP contribution in [-0.2, 0) is 9.47 Å². The normalized spacial score (nSPS) is 22.1. The Labute approximate surface area is 268 Å². The van der Waals surface area contributed by atoms with E-state index in [1.54, 1.807) is 0 Å². The maximum absolute atomic E-state index is 15.0. The second kappa shape index (κ2) is 15.2. The van der Waals surface area contributed by atoms with Gasteiger partial charge in [0.2, 0.25) is 0 Å². The lowest BCUT2D eigenvalue weighted by atomic mass is 9.78. The summed E-state index contributed by atoms with van der Waals surface area (Å²) >= 11 is 0. The molecule has 0 unspecified atom stereocenters. The van der Waals surface area contributed by atoms with E-state index in [4.69, 9.17) is 9.47 Å². The Hall–Kier alpha value is -3.44. The van der Waals surface area contributed by atoms with Crippen molar-refractivity contribution < 1.29 is 49.3 Å². The minimum absolute atomic E-state index is 0.107. The molecule has 0 bridgehead atoms. The topological polar surface area (TPSA) is 27.7 Å². The molecule has 1 saturated carbocycles. The van der Waals surface area contributed by atoms with E-state index in [1.165, 1.54) is 6.42 Å². The molecule has 3 aromatic rings. The Kier molecular flexibility index (Phi) is 11.3. The molecule has 0 atom stereocenters. The van der Waals surface area contributed by atoms with Crippen molar-refractivity contribution in [1.82, 2.24) is 0 Å². The Bertz CT molecular complexity index is 1510. The van der Waals surface area contributed by atoms with Crippen LogP contribution in [0.4, 0.5) is 35.1 Å². The Morgan fingerprint density at radius 1 is 0.787 bits per heavy atom. The number of hydrogen-bond donors (Lipinski definition) is 0. The highest BCUT2D eigenvalue weighted by Crippen LogP contribution is 2.40. The molecular weight excluding hydrogens is 632 g/mol. The second-order valence-electron chi connectivity index (χ2n) is 12.3. The maximum atomic E-state index is 15.0. The van der Waals surface area contributed by atoms with Crippen LogP contribution >= 0.6 is 0 Å². The van der Waals surface area contributed by atoms with Crippen molar-refractivity contribution in [2.75, 3.05) is 13.2 Å². The molecule has 0 amide bonds. The van der Waals surface area contributed by atoms with Crippen molar-refractivity contribution in [1.29, 1.82) is 0 Å². The van der Waals surface area contributed by atoms with Gasteiger partial charge in [-0.3, -0.25) is 0 Å². The third-order valence-corrected chi connectivity index (χ3v) is 8.87. The fraction of sp³-hybridized carbons (Fsp3) is 0.444. The van der Waals surface area contributed by atoms with E-state index in [0.29, 0.717) is 61.8 Å². The molecule has 0 spiro atoms.